The van der Waals surface area contributed by atoms with Crippen LogP contribution in [0.2, 0.25) is 0 Å². The number of carbonyl (C=O) groups excluding carboxylic acids is 3. The summed E-state index contributed by atoms with van der Waals surface area (Å²) in [4.78, 5) is 38.3. The number of rotatable bonds is 67. The van der Waals surface area contributed by atoms with Crippen molar-refractivity contribution in [1.82, 2.24) is 0 Å². The second kappa shape index (κ2) is 66.9. The lowest BCUT2D eigenvalue weighted by Gasteiger charge is -2.18. The third kappa shape index (κ3) is 65.1. The number of carbonyl (C=O) groups is 3. The first-order valence-electron chi connectivity index (χ1n) is 35.5. The summed E-state index contributed by atoms with van der Waals surface area (Å²) in [5.41, 5.74) is 0. The summed E-state index contributed by atoms with van der Waals surface area (Å²) < 4.78 is 17.0. The van der Waals surface area contributed by atoms with Crippen LogP contribution in [0.3, 0.4) is 0 Å². The molecule has 6 nitrogen and oxygen atoms in total. The Morgan fingerprint density at radius 3 is 0.519 bits per heavy atom. The minimum Gasteiger partial charge on any atom is -0.462 e. The van der Waals surface area contributed by atoms with Crippen LogP contribution in [0.4, 0.5) is 0 Å². The average Bonchev–Trinajstić information content (AvgIpc) is 3.43. The SMILES string of the molecule is CCCCCCCCCCCCCCCCCCCCCCCCCCCCCCC(=O)OCC(COC(=O)CCCCCCCCCCCC)OC(=O)CCCCCCCCCCCCCCCCCCCCCCC. The summed E-state index contributed by atoms with van der Waals surface area (Å²) in [5.74, 6) is -0.825. The molecular formula is C71H138O6. The molecule has 458 valence electrons. The van der Waals surface area contributed by atoms with E-state index >= 15 is 0 Å². The maximum Gasteiger partial charge on any atom is 0.306 e. The van der Waals surface area contributed by atoms with E-state index < -0.39 is 6.10 Å². The van der Waals surface area contributed by atoms with Gasteiger partial charge in [-0.3, -0.25) is 14.4 Å². The van der Waals surface area contributed by atoms with Gasteiger partial charge < -0.3 is 14.2 Å². The van der Waals surface area contributed by atoms with E-state index in [1.807, 2.05) is 0 Å². The van der Waals surface area contributed by atoms with E-state index in [0.717, 1.165) is 57.8 Å². The van der Waals surface area contributed by atoms with Crippen molar-refractivity contribution < 1.29 is 28.6 Å². The molecule has 0 aromatic rings. The van der Waals surface area contributed by atoms with Gasteiger partial charge in [-0.05, 0) is 19.3 Å². The Morgan fingerprint density at radius 1 is 0.208 bits per heavy atom. The molecule has 0 spiro atoms. The molecule has 0 bridgehead atoms. The topological polar surface area (TPSA) is 78.9 Å². The second-order valence-electron chi connectivity index (χ2n) is 24.5. The number of hydrogen-bond acceptors (Lipinski definition) is 6. The Labute approximate surface area is 482 Å². The number of hydrogen-bond donors (Lipinski definition) is 0. The lowest BCUT2D eigenvalue weighted by Crippen LogP contribution is -2.30. The fourth-order valence-corrected chi connectivity index (χ4v) is 11.3. The monoisotopic (exact) mass is 1090 g/mol. The van der Waals surface area contributed by atoms with Crippen LogP contribution in [0.1, 0.15) is 419 Å². The van der Waals surface area contributed by atoms with Crippen LogP contribution in [0, 0.1) is 0 Å². The quantitative estimate of drug-likeness (QED) is 0.0343. The fraction of sp³-hybridized carbons (Fsp3) is 0.958. The van der Waals surface area contributed by atoms with Gasteiger partial charge in [-0.25, -0.2) is 0 Å². The molecule has 0 rings (SSSR count). The highest BCUT2D eigenvalue weighted by molar-refractivity contribution is 5.71. The van der Waals surface area contributed by atoms with Crippen LogP contribution in [-0.4, -0.2) is 37.2 Å². The highest BCUT2D eigenvalue weighted by Gasteiger charge is 2.19. The fourth-order valence-electron chi connectivity index (χ4n) is 11.3. The molecule has 0 saturated carbocycles. The first-order chi connectivity index (χ1) is 38.0. The smallest absolute Gasteiger partial charge is 0.306 e. The molecule has 0 aliphatic heterocycles. The highest BCUT2D eigenvalue weighted by Crippen LogP contribution is 2.20. The average molecular weight is 1090 g/mol. The minimum absolute atomic E-state index is 0.0606. The predicted molar refractivity (Wildman–Crippen MR) is 335 cm³/mol. The molecular weight excluding hydrogens is 949 g/mol. The zero-order valence-electron chi connectivity index (χ0n) is 52.8. The Hall–Kier alpha value is -1.59. The van der Waals surface area contributed by atoms with Crippen molar-refractivity contribution in [3.8, 4) is 0 Å². The van der Waals surface area contributed by atoms with Crippen molar-refractivity contribution in [3.63, 3.8) is 0 Å². The normalized spacial score (nSPS) is 11.9. The van der Waals surface area contributed by atoms with Crippen LogP contribution in [-0.2, 0) is 28.6 Å². The molecule has 6 heteroatoms. The molecule has 0 aromatic carbocycles. The van der Waals surface area contributed by atoms with Gasteiger partial charge >= 0.3 is 17.9 Å². The number of ether oxygens (including phenoxy) is 3. The molecule has 0 fully saturated rings. The van der Waals surface area contributed by atoms with Crippen LogP contribution in [0.15, 0.2) is 0 Å². The summed E-state index contributed by atoms with van der Waals surface area (Å²) in [5, 5.41) is 0. The minimum atomic E-state index is -0.762. The van der Waals surface area contributed by atoms with Crippen LogP contribution in [0.5, 0.6) is 0 Å². The molecule has 0 N–H and O–H groups in total. The Morgan fingerprint density at radius 2 is 0.351 bits per heavy atom. The number of esters is 3. The van der Waals surface area contributed by atoms with E-state index in [-0.39, 0.29) is 31.1 Å². The van der Waals surface area contributed by atoms with Gasteiger partial charge in [0.1, 0.15) is 13.2 Å². The maximum absolute atomic E-state index is 12.9. The molecule has 1 atom stereocenters. The third-order valence-corrected chi connectivity index (χ3v) is 16.6. The van der Waals surface area contributed by atoms with E-state index in [9.17, 15) is 14.4 Å². The Kier molecular flexibility index (Phi) is 65.5. The van der Waals surface area contributed by atoms with Crippen LogP contribution >= 0.6 is 0 Å². The van der Waals surface area contributed by atoms with E-state index in [2.05, 4.69) is 20.8 Å². The summed E-state index contributed by atoms with van der Waals surface area (Å²) in [6.07, 6.45) is 78.7. The molecule has 0 aromatic heterocycles. The first-order valence-corrected chi connectivity index (χ1v) is 35.5. The van der Waals surface area contributed by atoms with Crippen molar-refractivity contribution in [2.24, 2.45) is 0 Å². The molecule has 0 radical (unpaired) electrons. The third-order valence-electron chi connectivity index (χ3n) is 16.6. The molecule has 0 aliphatic rings. The van der Waals surface area contributed by atoms with Crippen molar-refractivity contribution in [3.05, 3.63) is 0 Å². The highest BCUT2D eigenvalue weighted by atomic mass is 16.6. The lowest BCUT2D eigenvalue weighted by atomic mass is 10.0. The molecule has 0 heterocycles. The standard InChI is InChI=1S/C71H138O6/c1-4-7-10-13-16-19-22-24-26-28-30-32-33-34-35-36-37-38-40-41-43-45-47-49-52-55-58-61-64-70(73)76-67-68(66-75-69(72)63-60-57-54-51-21-18-15-12-9-6-3)77-71(74)65-62-59-56-53-50-48-46-44-42-39-31-29-27-25-23-20-17-14-11-8-5-2/h68H,4-67H2,1-3H3. The maximum atomic E-state index is 12.9. The Bertz CT molecular complexity index is 1160. The molecule has 77 heavy (non-hydrogen) atoms. The van der Waals surface area contributed by atoms with Crippen LogP contribution in [0.25, 0.3) is 0 Å². The molecule has 1 unspecified atom stereocenters. The molecule has 0 aliphatic carbocycles. The number of unbranched alkanes of at least 4 members (excludes halogenated alkanes) is 56. The second-order valence-corrected chi connectivity index (χ2v) is 24.5. The van der Waals surface area contributed by atoms with Crippen molar-refractivity contribution >= 4 is 17.9 Å². The van der Waals surface area contributed by atoms with Crippen molar-refractivity contribution in [2.75, 3.05) is 13.2 Å². The summed E-state index contributed by atoms with van der Waals surface area (Å²) in [6, 6.07) is 0. The molecule has 0 saturated heterocycles. The van der Waals surface area contributed by atoms with Gasteiger partial charge in [-0.15, -0.1) is 0 Å². The van der Waals surface area contributed by atoms with Crippen LogP contribution < -0.4 is 0 Å². The van der Waals surface area contributed by atoms with Gasteiger partial charge in [-0.1, -0.05) is 380 Å². The van der Waals surface area contributed by atoms with E-state index in [1.165, 1.54) is 321 Å². The predicted octanol–water partition coefficient (Wildman–Crippen LogP) is 24.2. The summed E-state index contributed by atoms with van der Waals surface area (Å²) in [6.45, 7) is 6.73. The summed E-state index contributed by atoms with van der Waals surface area (Å²) >= 11 is 0. The summed E-state index contributed by atoms with van der Waals surface area (Å²) in [7, 11) is 0. The zero-order valence-corrected chi connectivity index (χ0v) is 52.8. The van der Waals surface area contributed by atoms with Gasteiger partial charge in [0.15, 0.2) is 6.10 Å². The van der Waals surface area contributed by atoms with Gasteiger partial charge in [0.25, 0.3) is 0 Å². The van der Waals surface area contributed by atoms with E-state index in [1.54, 1.807) is 0 Å². The van der Waals surface area contributed by atoms with Gasteiger partial charge in [0.05, 0.1) is 0 Å². The largest absolute Gasteiger partial charge is 0.462 e. The van der Waals surface area contributed by atoms with Gasteiger partial charge in [0, 0.05) is 19.3 Å². The van der Waals surface area contributed by atoms with Crippen molar-refractivity contribution in [2.45, 2.75) is 425 Å². The zero-order chi connectivity index (χ0) is 55.7. The first kappa shape index (κ1) is 75.4. The van der Waals surface area contributed by atoms with Gasteiger partial charge in [-0.2, -0.15) is 0 Å². The van der Waals surface area contributed by atoms with Crippen molar-refractivity contribution in [1.29, 1.82) is 0 Å². The molecule has 0 amide bonds. The Balaban J connectivity index is 4.08. The van der Waals surface area contributed by atoms with E-state index in [4.69, 9.17) is 14.2 Å². The lowest BCUT2D eigenvalue weighted by molar-refractivity contribution is -0.167. The van der Waals surface area contributed by atoms with Gasteiger partial charge in [0.2, 0.25) is 0 Å². The van der Waals surface area contributed by atoms with E-state index in [0.29, 0.717) is 19.3 Å².